The molecule has 0 aliphatic heterocycles. The van der Waals surface area contributed by atoms with Crippen molar-refractivity contribution >= 4 is 18.0 Å². The first-order valence-electron chi connectivity index (χ1n) is 6.76. The molecule has 0 saturated heterocycles. The summed E-state index contributed by atoms with van der Waals surface area (Å²) in [5.74, 6) is 1.84. The van der Waals surface area contributed by atoms with E-state index in [2.05, 4.69) is 45.6 Å². The normalized spacial score (nSPS) is 11.6. The molecule has 5 nitrogen and oxygen atoms in total. The van der Waals surface area contributed by atoms with Crippen LogP contribution in [0.15, 0.2) is 24.8 Å². The summed E-state index contributed by atoms with van der Waals surface area (Å²) in [5, 5.41) is 3.36. The predicted octanol–water partition coefficient (Wildman–Crippen LogP) is 3.14. The molecule has 2 N–H and O–H groups in total. The van der Waals surface area contributed by atoms with E-state index in [1.54, 1.807) is 6.20 Å². The zero-order chi connectivity index (χ0) is 14.6. The van der Waals surface area contributed by atoms with Gasteiger partial charge in [0, 0.05) is 37.0 Å². The van der Waals surface area contributed by atoms with Crippen LogP contribution in [0.3, 0.4) is 0 Å². The quantitative estimate of drug-likeness (QED) is 0.656. The third kappa shape index (κ3) is 4.16. The summed E-state index contributed by atoms with van der Waals surface area (Å²) in [5.41, 5.74) is -0.0396. The number of aryl methyl sites for hydroxylation is 1. The van der Waals surface area contributed by atoms with Crippen LogP contribution in [-0.4, -0.2) is 26.1 Å². The van der Waals surface area contributed by atoms with Gasteiger partial charge in [-0.15, -0.1) is 0 Å². The molecule has 0 aromatic carbocycles. The van der Waals surface area contributed by atoms with E-state index < -0.39 is 0 Å². The molecular weight excluding hydrogens is 270 g/mol. The van der Waals surface area contributed by atoms with Crippen LogP contribution < -0.4 is 5.32 Å². The third-order valence-corrected chi connectivity index (χ3v) is 3.13. The lowest BCUT2D eigenvalue weighted by Gasteiger charge is -2.18. The Morgan fingerprint density at radius 3 is 2.85 bits per heavy atom. The van der Waals surface area contributed by atoms with Gasteiger partial charge in [0.2, 0.25) is 0 Å². The molecule has 0 unspecified atom stereocenters. The van der Waals surface area contributed by atoms with Crippen LogP contribution in [0.1, 0.15) is 33.0 Å². The summed E-state index contributed by atoms with van der Waals surface area (Å²) in [4.78, 5) is 11.7. The maximum atomic E-state index is 5.22. The Morgan fingerprint density at radius 1 is 1.40 bits per heavy atom. The van der Waals surface area contributed by atoms with Crippen molar-refractivity contribution < 1.29 is 0 Å². The van der Waals surface area contributed by atoms with E-state index in [1.165, 1.54) is 0 Å². The molecule has 0 radical (unpaired) electrons. The molecule has 0 fully saturated rings. The Balaban J connectivity index is 1.92. The number of hydrogen-bond donors (Lipinski definition) is 2. The first-order chi connectivity index (χ1) is 9.45. The molecule has 2 heterocycles. The van der Waals surface area contributed by atoms with E-state index >= 15 is 0 Å². The minimum absolute atomic E-state index is 0.0396. The van der Waals surface area contributed by atoms with Crippen LogP contribution in [0.25, 0.3) is 0 Å². The van der Waals surface area contributed by atoms with Crippen molar-refractivity contribution in [2.24, 2.45) is 0 Å². The number of rotatable bonds is 5. The van der Waals surface area contributed by atoms with Gasteiger partial charge in [0.1, 0.15) is 16.3 Å². The molecule has 0 bridgehead atoms. The zero-order valence-electron chi connectivity index (χ0n) is 12.2. The number of H-pyrrole nitrogens is 1. The van der Waals surface area contributed by atoms with Gasteiger partial charge in [-0.05, 0) is 6.42 Å². The van der Waals surface area contributed by atoms with Gasteiger partial charge in [0.15, 0.2) is 0 Å². The lowest BCUT2D eigenvalue weighted by Crippen LogP contribution is -2.17. The van der Waals surface area contributed by atoms with Crippen LogP contribution in [0.2, 0.25) is 0 Å². The fourth-order valence-electron chi connectivity index (χ4n) is 1.81. The van der Waals surface area contributed by atoms with Crippen molar-refractivity contribution in [2.75, 3.05) is 11.9 Å². The van der Waals surface area contributed by atoms with Crippen molar-refractivity contribution in [1.82, 2.24) is 19.5 Å². The van der Waals surface area contributed by atoms with Crippen molar-refractivity contribution in [3.8, 4) is 0 Å². The predicted molar refractivity (Wildman–Crippen MR) is 83.5 cm³/mol. The number of anilines is 1. The molecule has 2 aromatic heterocycles. The molecule has 0 saturated carbocycles. The minimum Gasteiger partial charge on any atom is -0.371 e. The van der Waals surface area contributed by atoms with E-state index in [0.29, 0.717) is 4.64 Å². The fraction of sp³-hybridized carbons (Fsp3) is 0.500. The third-order valence-electron chi connectivity index (χ3n) is 2.92. The van der Waals surface area contributed by atoms with Crippen molar-refractivity contribution in [2.45, 2.75) is 39.2 Å². The minimum atomic E-state index is -0.0396. The number of aromatic nitrogens is 4. The smallest absolute Gasteiger partial charge is 0.131 e. The van der Waals surface area contributed by atoms with Crippen molar-refractivity contribution in [3.05, 3.63) is 35.3 Å². The first-order valence-corrected chi connectivity index (χ1v) is 7.17. The highest BCUT2D eigenvalue weighted by Crippen LogP contribution is 2.19. The fourth-order valence-corrected chi connectivity index (χ4v) is 2.02. The van der Waals surface area contributed by atoms with Crippen LogP contribution >= 0.6 is 12.2 Å². The van der Waals surface area contributed by atoms with Gasteiger partial charge < -0.3 is 14.9 Å². The first kappa shape index (κ1) is 14.7. The zero-order valence-corrected chi connectivity index (χ0v) is 13.0. The standard InChI is InChI=1S/C14H21N5S/c1-14(2,3)13-17-11(9-12(20)18-13)16-5-4-7-19-8-6-15-10-19/h6,8-10H,4-5,7H2,1-3H3,(H2,16,17,18,20). The number of nitrogens with one attached hydrogen (secondary N) is 2. The maximum absolute atomic E-state index is 5.22. The number of aromatic amines is 1. The molecular formula is C14H21N5S. The van der Waals surface area contributed by atoms with Crippen molar-refractivity contribution in [1.29, 1.82) is 0 Å². The van der Waals surface area contributed by atoms with Gasteiger partial charge in [-0.3, -0.25) is 0 Å². The summed E-state index contributed by atoms with van der Waals surface area (Å²) >= 11 is 5.22. The highest BCUT2D eigenvalue weighted by atomic mass is 32.1. The van der Waals surface area contributed by atoms with Gasteiger partial charge >= 0.3 is 0 Å². The SMILES string of the molecule is CC(C)(C)c1nc(=S)cc(NCCCn2ccnc2)[nH]1. The Bertz CT molecular complexity index is 595. The summed E-state index contributed by atoms with van der Waals surface area (Å²) in [7, 11) is 0. The highest BCUT2D eigenvalue weighted by molar-refractivity contribution is 7.71. The van der Waals surface area contributed by atoms with E-state index in [1.807, 2.05) is 18.6 Å². The van der Waals surface area contributed by atoms with E-state index in [-0.39, 0.29) is 5.41 Å². The molecule has 6 heteroatoms. The summed E-state index contributed by atoms with van der Waals surface area (Å²) < 4.78 is 2.68. The van der Waals surface area contributed by atoms with E-state index in [0.717, 1.165) is 31.2 Å². The second-order valence-electron chi connectivity index (χ2n) is 5.81. The lowest BCUT2D eigenvalue weighted by molar-refractivity contribution is 0.544. The average molecular weight is 291 g/mol. The molecule has 0 aliphatic rings. The second kappa shape index (κ2) is 6.17. The molecule has 2 aromatic rings. The van der Waals surface area contributed by atoms with Gasteiger partial charge in [-0.25, -0.2) is 9.97 Å². The average Bonchev–Trinajstić information content (AvgIpc) is 2.86. The Morgan fingerprint density at radius 2 is 2.20 bits per heavy atom. The van der Waals surface area contributed by atoms with E-state index in [9.17, 15) is 0 Å². The summed E-state index contributed by atoms with van der Waals surface area (Å²) in [6.45, 7) is 8.16. The van der Waals surface area contributed by atoms with Gasteiger partial charge in [0.25, 0.3) is 0 Å². The Hall–Kier alpha value is -1.69. The molecule has 108 valence electrons. The number of hydrogen-bond acceptors (Lipinski definition) is 4. The van der Waals surface area contributed by atoms with Gasteiger partial charge in [-0.2, -0.15) is 0 Å². The van der Waals surface area contributed by atoms with Gasteiger partial charge in [-0.1, -0.05) is 33.0 Å². The van der Waals surface area contributed by atoms with Crippen LogP contribution in [0.4, 0.5) is 5.82 Å². The summed E-state index contributed by atoms with van der Waals surface area (Å²) in [6, 6.07) is 1.86. The second-order valence-corrected chi connectivity index (χ2v) is 6.23. The topological polar surface area (TPSA) is 58.5 Å². The van der Waals surface area contributed by atoms with Crippen LogP contribution in [0, 0.1) is 4.64 Å². The van der Waals surface area contributed by atoms with Crippen LogP contribution in [-0.2, 0) is 12.0 Å². The molecule has 2 rings (SSSR count). The molecule has 0 spiro atoms. The molecule has 0 atom stereocenters. The van der Waals surface area contributed by atoms with Crippen LogP contribution in [0.5, 0.6) is 0 Å². The largest absolute Gasteiger partial charge is 0.371 e. The Kier molecular flexibility index (Phi) is 4.54. The maximum Gasteiger partial charge on any atom is 0.131 e. The highest BCUT2D eigenvalue weighted by Gasteiger charge is 2.16. The number of nitrogens with zero attached hydrogens (tertiary/aromatic N) is 3. The monoisotopic (exact) mass is 291 g/mol. The van der Waals surface area contributed by atoms with Crippen molar-refractivity contribution in [3.63, 3.8) is 0 Å². The molecule has 20 heavy (non-hydrogen) atoms. The Labute approximate surface area is 124 Å². The molecule has 0 aliphatic carbocycles. The van der Waals surface area contributed by atoms with Gasteiger partial charge in [0.05, 0.1) is 6.33 Å². The molecule has 0 amide bonds. The number of imidazole rings is 1. The lowest BCUT2D eigenvalue weighted by atomic mass is 9.96. The summed E-state index contributed by atoms with van der Waals surface area (Å²) in [6.07, 6.45) is 6.61. The van der Waals surface area contributed by atoms with E-state index in [4.69, 9.17) is 12.2 Å².